The van der Waals surface area contributed by atoms with Gasteiger partial charge in [-0.3, -0.25) is 4.79 Å². The van der Waals surface area contributed by atoms with Crippen LogP contribution >= 0.6 is 0 Å². The largest absolute Gasteiger partial charge is 0.487 e. The molecule has 0 saturated heterocycles. The van der Waals surface area contributed by atoms with E-state index in [2.05, 4.69) is 0 Å². The van der Waals surface area contributed by atoms with Gasteiger partial charge in [-0.05, 0) is 37.3 Å². The van der Waals surface area contributed by atoms with Crippen molar-refractivity contribution in [2.75, 3.05) is 6.61 Å². The van der Waals surface area contributed by atoms with E-state index >= 15 is 0 Å². The summed E-state index contributed by atoms with van der Waals surface area (Å²) < 4.78 is 18.8. The van der Waals surface area contributed by atoms with Gasteiger partial charge in [-0.25, -0.2) is 4.39 Å². The number of para-hydroxylation sites is 1. The molecule has 29 heavy (non-hydrogen) atoms. The molecule has 0 heterocycles. The number of aliphatic hydroxyl groups is 3. The molecule has 160 valence electrons. The lowest BCUT2D eigenvalue weighted by Crippen LogP contribution is -2.21. The fourth-order valence-corrected chi connectivity index (χ4v) is 3.50. The first-order valence-corrected chi connectivity index (χ1v) is 9.85. The van der Waals surface area contributed by atoms with E-state index in [0.29, 0.717) is 19.3 Å². The Morgan fingerprint density at radius 2 is 2.00 bits per heavy atom. The average Bonchev–Trinajstić information content (AvgIpc) is 2.94. The summed E-state index contributed by atoms with van der Waals surface area (Å²) in [4.78, 5) is 10.5. The molecule has 1 aliphatic rings. The lowest BCUT2D eigenvalue weighted by atomic mass is 9.89. The molecule has 1 aromatic carbocycles. The third-order valence-corrected chi connectivity index (χ3v) is 5.05. The SMILES string of the molecule is O=C(O)CCCC=CC[C@@H]1[C@@H](C=CC(O)COc2ccccc2F)[C@H](O)C[C@@H]1O. The zero-order chi connectivity index (χ0) is 21.2. The molecule has 0 spiro atoms. The van der Waals surface area contributed by atoms with Gasteiger partial charge in [0, 0.05) is 18.8 Å². The highest BCUT2D eigenvalue weighted by molar-refractivity contribution is 5.66. The van der Waals surface area contributed by atoms with E-state index in [1.54, 1.807) is 18.2 Å². The van der Waals surface area contributed by atoms with E-state index in [-0.39, 0.29) is 37.0 Å². The maximum atomic E-state index is 13.5. The summed E-state index contributed by atoms with van der Waals surface area (Å²) in [5, 5.41) is 39.1. The molecular weight excluding hydrogens is 379 g/mol. The monoisotopic (exact) mass is 408 g/mol. The summed E-state index contributed by atoms with van der Waals surface area (Å²) >= 11 is 0. The number of aliphatic carboxylic acids is 1. The summed E-state index contributed by atoms with van der Waals surface area (Å²) in [6.07, 6.45) is 6.72. The number of rotatable bonds is 11. The van der Waals surface area contributed by atoms with E-state index in [9.17, 15) is 24.5 Å². The number of hydrogen-bond acceptors (Lipinski definition) is 5. The second-order valence-corrected chi connectivity index (χ2v) is 7.30. The van der Waals surface area contributed by atoms with Crippen molar-refractivity contribution in [3.63, 3.8) is 0 Å². The van der Waals surface area contributed by atoms with Crippen molar-refractivity contribution in [3.05, 3.63) is 54.4 Å². The Morgan fingerprint density at radius 3 is 2.72 bits per heavy atom. The van der Waals surface area contributed by atoms with Crippen molar-refractivity contribution in [2.45, 2.75) is 50.4 Å². The molecule has 2 rings (SSSR count). The minimum atomic E-state index is -0.980. The maximum Gasteiger partial charge on any atom is 0.303 e. The minimum Gasteiger partial charge on any atom is -0.487 e. The van der Waals surface area contributed by atoms with Crippen LogP contribution in [-0.4, -0.2) is 51.3 Å². The molecule has 5 atom stereocenters. The standard InChI is InChI=1S/C22H29FO6/c23-18-8-5-6-9-21(18)29-14-15(24)11-12-17-16(19(25)13-20(17)26)7-3-1-2-4-10-22(27)28/h1,3,5-6,8-9,11-12,15-17,19-20,24-26H,2,4,7,10,13-14H2,(H,27,28)/t15?,16-,17-,19+,20-/m1/s1. The van der Waals surface area contributed by atoms with Crippen molar-refractivity contribution >= 4 is 5.97 Å². The van der Waals surface area contributed by atoms with Gasteiger partial charge in [-0.2, -0.15) is 0 Å². The molecule has 4 N–H and O–H groups in total. The zero-order valence-corrected chi connectivity index (χ0v) is 16.2. The molecule has 1 aromatic rings. The third-order valence-electron chi connectivity index (χ3n) is 5.05. The molecule has 1 unspecified atom stereocenters. The Bertz CT molecular complexity index is 704. The quantitative estimate of drug-likeness (QED) is 0.331. The Hall–Kier alpha value is -2.22. The van der Waals surface area contributed by atoms with E-state index in [4.69, 9.17) is 9.84 Å². The molecule has 1 aliphatic carbocycles. The molecular formula is C22H29FO6. The van der Waals surface area contributed by atoms with Crippen LogP contribution in [0.25, 0.3) is 0 Å². The molecule has 0 radical (unpaired) electrons. The molecule has 1 saturated carbocycles. The molecule has 7 heteroatoms. The Balaban J connectivity index is 1.84. The number of benzene rings is 1. The van der Waals surface area contributed by atoms with Crippen molar-refractivity contribution < 1.29 is 34.3 Å². The molecule has 0 aromatic heterocycles. The van der Waals surface area contributed by atoms with Crippen molar-refractivity contribution in [3.8, 4) is 5.75 Å². The first-order valence-electron chi connectivity index (χ1n) is 9.85. The van der Waals surface area contributed by atoms with Gasteiger partial charge in [0.25, 0.3) is 0 Å². The van der Waals surface area contributed by atoms with Crippen LogP contribution in [0.3, 0.4) is 0 Å². The molecule has 0 aliphatic heterocycles. The fraction of sp³-hybridized carbons (Fsp3) is 0.500. The van der Waals surface area contributed by atoms with Gasteiger partial charge in [-0.15, -0.1) is 0 Å². The van der Waals surface area contributed by atoms with Gasteiger partial charge in [0.1, 0.15) is 12.7 Å². The predicted molar refractivity (Wildman–Crippen MR) is 106 cm³/mol. The normalized spacial score (nSPS) is 25.7. The maximum absolute atomic E-state index is 13.5. The summed E-state index contributed by atoms with van der Waals surface area (Å²) in [5.74, 6) is -1.79. The number of hydrogen-bond donors (Lipinski definition) is 4. The second-order valence-electron chi connectivity index (χ2n) is 7.30. The first kappa shape index (κ1) is 23.1. The molecule has 1 fully saturated rings. The highest BCUT2D eigenvalue weighted by Crippen LogP contribution is 2.36. The van der Waals surface area contributed by atoms with Crippen LogP contribution in [0, 0.1) is 17.7 Å². The van der Waals surface area contributed by atoms with Gasteiger partial charge in [0.15, 0.2) is 11.6 Å². The molecule has 0 amide bonds. The molecule has 0 bridgehead atoms. The van der Waals surface area contributed by atoms with Gasteiger partial charge in [-0.1, -0.05) is 36.4 Å². The first-order chi connectivity index (χ1) is 13.9. The van der Waals surface area contributed by atoms with Crippen molar-refractivity contribution in [1.29, 1.82) is 0 Å². The van der Waals surface area contributed by atoms with Crippen LogP contribution < -0.4 is 4.74 Å². The minimum absolute atomic E-state index is 0.0576. The van der Waals surface area contributed by atoms with Crippen molar-refractivity contribution in [1.82, 2.24) is 0 Å². The average molecular weight is 408 g/mol. The van der Waals surface area contributed by atoms with Gasteiger partial charge in [0.05, 0.1) is 12.2 Å². The number of ether oxygens (including phenoxy) is 1. The fourth-order valence-electron chi connectivity index (χ4n) is 3.50. The summed E-state index contributed by atoms with van der Waals surface area (Å²) in [7, 11) is 0. The Morgan fingerprint density at radius 1 is 1.24 bits per heavy atom. The highest BCUT2D eigenvalue weighted by Gasteiger charge is 2.39. The van der Waals surface area contributed by atoms with E-state index < -0.39 is 30.1 Å². The van der Waals surface area contributed by atoms with Crippen LogP contribution in [-0.2, 0) is 4.79 Å². The van der Waals surface area contributed by atoms with E-state index in [1.165, 1.54) is 18.2 Å². The van der Waals surface area contributed by atoms with Crippen molar-refractivity contribution in [2.24, 2.45) is 11.8 Å². The summed E-state index contributed by atoms with van der Waals surface area (Å²) in [6, 6.07) is 5.93. The van der Waals surface area contributed by atoms with Crippen LogP contribution in [0.1, 0.15) is 32.1 Å². The number of carboxylic acids is 1. The smallest absolute Gasteiger partial charge is 0.303 e. The van der Waals surface area contributed by atoms with Gasteiger partial charge < -0.3 is 25.2 Å². The number of unbranched alkanes of at least 4 members (excludes halogenated alkanes) is 1. The number of aliphatic hydroxyl groups excluding tert-OH is 3. The van der Waals surface area contributed by atoms with Crippen LogP contribution in [0.15, 0.2) is 48.6 Å². The highest BCUT2D eigenvalue weighted by atomic mass is 19.1. The van der Waals surface area contributed by atoms with Crippen LogP contribution in [0.5, 0.6) is 5.75 Å². The molecule has 6 nitrogen and oxygen atoms in total. The Labute approximate surface area is 170 Å². The van der Waals surface area contributed by atoms with Gasteiger partial charge in [0.2, 0.25) is 0 Å². The van der Waals surface area contributed by atoms with Gasteiger partial charge >= 0.3 is 5.97 Å². The zero-order valence-electron chi connectivity index (χ0n) is 16.2. The predicted octanol–water partition coefficient (Wildman–Crippen LogP) is 2.68. The van der Waals surface area contributed by atoms with E-state index in [1.807, 2.05) is 12.2 Å². The number of carboxylic acid groups (broad SMARTS) is 1. The topological polar surface area (TPSA) is 107 Å². The summed E-state index contributed by atoms with van der Waals surface area (Å²) in [5.41, 5.74) is 0. The van der Waals surface area contributed by atoms with Crippen LogP contribution in [0.2, 0.25) is 0 Å². The lowest BCUT2D eigenvalue weighted by molar-refractivity contribution is -0.137. The number of allylic oxidation sites excluding steroid dienone is 2. The van der Waals surface area contributed by atoms with E-state index in [0.717, 1.165) is 0 Å². The second kappa shape index (κ2) is 11.7. The summed E-state index contributed by atoms with van der Waals surface area (Å²) in [6.45, 7) is -0.128. The van der Waals surface area contributed by atoms with Crippen LogP contribution in [0.4, 0.5) is 4.39 Å². The number of halogens is 1. The Kier molecular flexibility index (Phi) is 9.31. The third kappa shape index (κ3) is 7.61. The number of carbonyl (C=O) groups is 1. The lowest BCUT2D eigenvalue weighted by Gasteiger charge is -2.19.